The second-order valence-electron chi connectivity index (χ2n) is 3.13. The number of rotatable bonds is 5. The minimum absolute atomic E-state index is 0.119. The van der Waals surface area contributed by atoms with Crippen LogP contribution in [0.25, 0.3) is 0 Å². The van der Waals surface area contributed by atoms with Crippen molar-refractivity contribution in [2.45, 2.75) is 12.7 Å². The SMILES string of the molecule is O=C(CNCc1ccsc1)NCC(F)(F)F. The Balaban J connectivity index is 2.11. The Morgan fingerprint density at radius 2 is 2.19 bits per heavy atom. The molecule has 0 bridgehead atoms. The molecule has 1 amide bonds. The van der Waals surface area contributed by atoms with Gasteiger partial charge in [-0.3, -0.25) is 4.79 Å². The van der Waals surface area contributed by atoms with E-state index in [9.17, 15) is 18.0 Å². The second-order valence-corrected chi connectivity index (χ2v) is 3.91. The summed E-state index contributed by atoms with van der Waals surface area (Å²) < 4.78 is 35.2. The molecule has 1 aromatic heterocycles. The third kappa shape index (κ3) is 5.72. The number of amides is 1. The molecule has 7 heteroatoms. The molecule has 2 N–H and O–H groups in total. The number of hydrogen-bond acceptors (Lipinski definition) is 3. The summed E-state index contributed by atoms with van der Waals surface area (Å²) >= 11 is 1.52. The molecule has 0 aliphatic carbocycles. The average Bonchev–Trinajstić information content (AvgIpc) is 2.66. The minimum Gasteiger partial charge on any atom is -0.346 e. The average molecular weight is 252 g/mol. The number of halogens is 3. The Morgan fingerprint density at radius 3 is 2.75 bits per heavy atom. The summed E-state index contributed by atoms with van der Waals surface area (Å²) in [6.07, 6.45) is -4.36. The van der Waals surface area contributed by atoms with Crippen molar-refractivity contribution in [2.24, 2.45) is 0 Å². The molecule has 0 unspecified atom stereocenters. The molecule has 0 spiro atoms. The van der Waals surface area contributed by atoms with Gasteiger partial charge in [0, 0.05) is 6.54 Å². The maximum Gasteiger partial charge on any atom is 0.405 e. The standard InChI is InChI=1S/C9H11F3N2OS/c10-9(11,12)6-14-8(15)4-13-3-7-1-2-16-5-7/h1-2,5,13H,3-4,6H2,(H,14,15). The highest BCUT2D eigenvalue weighted by molar-refractivity contribution is 7.07. The molecule has 0 saturated heterocycles. The number of carbonyl (C=O) groups is 1. The van der Waals surface area contributed by atoms with E-state index >= 15 is 0 Å². The van der Waals surface area contributed by atoms with Crippen LogP contribution in [0, 0.1) is 0 Å². The lowest BCUT2D eigenvalue weighted by Crippen LogP contribution is -2.39. The van der Waals surface area contributed by atoms with Crippen LogP contribution in [0.5, 0.6) is 0 Å². The molecule has 90 valence electrons. The van der Waals surface area contributed by atoms with Crippen LogP contribution in [0.1, 0.15) is 5.56 Å². The van der Waals surface area contributed by atoms with E-state index in [1.165, 1.54) is 11.3 Å². The smallest absolute Gasteiger partial charge is 0.346 e. The predicted molar refractivity (Wildman–Crippen MR) is 55.1 cm³/mol. The van der Waals surface area contributed by atoms with E-state index in [0.29, 0.717) is 6.54 Å². The lowest BCUT2D eigenvalue weighted by Gasteiger charge is -2.08. The molecule has 16 heavy (non-hydrogen) atoms. The van der Waals surface area contributed by atoms with E-state index in [-0.39, 0.29) is 6.54 Å². The van der Waals surface area contributed by atoms with Gasteiger partial charge in [-0.05, 0) is 22.4 Å². The maximum absolute atomic E-state index is 11.7. The molecule has 0 aromatic carbocycles. The zero-order valence-electron chi connectivity index (χ0n) is 8.30. The first-order valence-electron chi connectivity index (χ1n) is 4.52. The zero-order valence-corrected chi connectivity index (χ0v) is 9.12. The third-order valence-corrected chi connectivity index (χ3v) is 2.41. The number of thiophene rings is 1. The molecule has 0 fully saturated rings. The highest BCUT2D eigenvalue weighted by atomic mass is 32.1. The van der Waals surface area contributed by atoms with Crippen LogP contribution in [0.4, 0.5) is 13.2 Å². The maximum atomic E-state index is 11.7. The lowest BCUT2D eigenvalue weighted by atomic mass is 10.3. The van der Waals surface area contributed by atoms with Gasteiger partial charge in [0.1, 0.15) is 6.54 Å². The Kier molecular flexibility index (Phi) is 4.75. The fraction of sp³-hybridized carbons (Fsp3) is 0.444. The Hall–Kier alpha value is -1.08. The van der Waals surface area contributed by atoms with Crippen molar-refractivity contribution in [3.63, 3.8) is 0 Å². The van der Waals surface area contributed by atoms with Gasteiger partial charge in [-0.25, -0.2) is 0 Å². The van der Waals surface area contributed by atoms with Crippen molar-refractivity contribution >= 4 is 17.2 Å². The first kappa shape index (κ1) is 13.0. The highest BCUT2D eigenvalue weighted by Crippen LogP contribution is 2.11. The van der Waals surface area contributed by atoms with Crippen LogP contribution in [0.3, 0.4) is 0 Å². The molecule has 1 aromatic rings. The summed E-state index contributed by atoms with van der Waals surface area (Å²) in [5.41, 5.74) is 1.01. The van der Waals surface area contributed by atoms with Crippen molar-refractivity contribution in [3.8, 4) is 0 Å². The third-order valence-electron chi connectivity index (χ3n) is 1.68. The van der Waals surface area contributed by atoms with Crippen molar-refractivity contribution in [2.75, 3.05) is 13.1 Å². The van der Waals surface area contributed by atoms with Crippen molar-refractivity contribution in [1.29, 1.82) is 0 Å². The van der Waals surface area contributed by atoms with Crippen molar-refractivity contribution in [1.82, 2.24) is 10.6 Å². The summed E-state index contributed by atoms with van der Waals surface area (Å²) in [5, 5.41) is 8.32. The van der Waals surface area contributed by atoms with Crippen LogP contribution in [0.2, 0.25) is 0 Å². The quantitative estimate of drug-likeness (QED) is 0.834. The van der Waals surface area contributed by atoms with E-state index in [1.54, 1.807) is 5.32 Å². The minimum atomic E-state index is -4.36. The fourth-order valence-corrected chi connectivity index (χ4v) is 1.64. The van der Waals surface area contributed by atoms with Crippen molar-refractivity contribution < 1.29 is 18.0 Å². The number of alkyl halides is 3. The van der Waals surface area contributed by atoms with Gasteiger partial charge >= 0.3 is 6.18 Å². The zero-order chi connectivity index (χ0) is 12.0. The van der Waals surface area contributed by atoms with Gasteiger partial charge < -0.3 is 10.6 Å². The van der Waals surface area contributed by atoms with Gasteiger partial charge in [0.25, 0.3) is 0 Å². The van der Waals surface area contributed by atoms with E-state index in [1.807, 2.05) is 16.8 Å². The fourth-order valence-electron chi connectivity index (χ4n) is 0.975. The molecule has 3 nitrogen and oxygen atoms in total. The molecular weight excluding hydrogens is 241 g/mol. The first-order chi connectivity index (χ1) is 7.47. The number of hydrogen-bond donors (Lipinski definition) is 2. The largest absolute Gasteiger partial charge is 0.405 e. The highest BCUT2D eigenvalue weighted by Gasteiger charge is 2.27. The molecule has 0 atom stereocenters. The predicted octanol–water partition coefficient (Wildman–Crippen LogP) is 1.52. The van der Waals surface area contributed by atoms with E-state index in [0.717, 1.165) is 5.56 Å². The van der Waals surface area contributed by atoms with E-state index in [2.05, 4.69) is 5.32 Å². The number of nitrogens with one attached hydrogen (secondary N) is 2. The normalized spacial score (nSPS) is 11.4. The van der Waals surface area contributed by atoms with Gasteiger partial charge in [0.2, 0.25) is 5.91 Å². The first-order valence-corrected chi connectivity index (χ1v) is 5.47. The second kappa shape index (κ2) is 5.86. The molecule has 0 saturated carbocycles. The molecule has 0 radical (unpaired) electrons. The summed E-state index contributed by atoms with van der Waals surface area (Å²) in [4.78, 5) is 10.9. The van der Waals surface area contributed by atoms with E-state index < -0.39 is 18.6 Å². The van der Waals surface area contributed by atoms with Gasteiger partial charge in [-0.2, -0.15) is 24.5 Å². The van der Waals surface area contributed by atoms with Gasteiger partial charge in [-0.15, -0.1) is 0 Å². The Bertz CT molecular complexity index is 324. The number of carbonyl (C=O) groups excluding carboxylic acids is 1. The van der Waals surface area contributed by atoms with Crippen LogP contribution >= 0.6 is 11.3 Å². The van der Waals surface area contributed by atoms with Crippen LogP contribution in [0.15, 0.2) is 16.8 Å². The van der Waals surface area contributed by atoms with Gasteiger partial charge in [0.15, 0.2) is 0 Å². The van der Waals surface area contributed by atoms with Gasteiger partial charge in [-0.1, -0.05) is 0 Å². The summed E-state index contributed by atoms with van der Waals surface area (Å²) in [6, 6.07) is 1.88. The topological polar surface area (TPSA) is 41.1 Å². The summed E-state index contributed by atoms with van der Waals surface area (Å²) in [5.74, 6) is -0.660. The summed E-state index contributed by atoms with van der Waals surface area (Å²) in [6.45, 7) is -0.930. The molecule has 0 aliphatic rings. The Morgan fingerprint density at radius 1 is 1.44 bits per heavy atom. The molecule has 1 heterocycles. The Labute approximate surface area is 94.7 Å². The molecule has 0 aliphatic heterocycles. The monoisotopic (exact) mass is 252 g/mol. The van der Waals surface area contributed by atoms with Crippen LogP contribution < -0.4 is 10.6 Å². The van der Waals surface area contributed by atoms with Crippen LogP contribution in [-0.2, 0) is 11.3 Å². The van der Waals surface area contributed by atoms with Crippen LogP contribution in [-0.4, -0.2) is 25.2 Å². The van der Waals surface area contributed by atoms with Crippen molar-refractivity contribution in [3.05, 3.63) is 22.4 Å². The van der Waals surface area contributed by atoms with Gasteiger partial charge in [0.05, 0.1) is 6.54 Å². The molecular formula is C9H11F3N2OS. The molecule has 1 rings (SSSR count). The summed E-state index contributed by atoms with van der Waals surface area (Å²) in [7, 11) is 0. The lowest BCUT2D eigenvalue weighted by molar-refractivity contribution is -0.137. The van der Waals surface area contributed by atoms with E-state index in [4.69, 9.17) is 0 Å².